The van der Waals surface area contributed by atoms with Gasteiger partial charge in [-0.05, 0) is 6.92 Å². The molecule has 0 saturated carbocycles. The third-order valence-electron chi connectivity index (χ3n) is 3.02. The molecule has 9 heteroatoms. The average molecular weight is 289 g/mol. The molecule has 0 spiro atoms. The molecule has 2 rings (SSSR count). The van der Waals surface area contributed by atoms with E-state index in [1.807, 2.05) is 0 Å². The van der Waals surface area contributed by atoms with Gasteiger partial charge in [-0.2, -0.15) is 18.2 Å². The highest BCUT2D eigenvalue weighted by molar-refractivity contribution is 5.85. The molecule has 2 heterocycles. The van der Waals surface area contributed by atoms with Crippen LogP contribution < -0.4 is 15.5 Å². The van der Waals surface area contributed by atoms with Crippen LogP contribution in [0.1, 0.15) is 12.6 Å². The number of carbonyl (C=O) groups excluding carboxylic acids is 1. The van der Waals surface area contributed by atoms with Gasteiger partial charge in [-0.1, -0.05) is 0 Å². The Morgan fingerprint density at radius 3 is 2.75 bits per heavy atom. The Morgan fingerprint density at radius 1 is 1.45 bits per heavy atom. The SMILES string of the molecule is CNc1nc(N2CCNC(=O)C2C)cc(C(F)(F)F)n1. The number of amides is 1. The van der Waals surface area contributed by atoms with Gasteiger partial charge in [0, 0.05) is 26.2 Å². The third kappa shape index (κ3) is 2.75. The van der Waals surface area contributed by atoms with Crippen LogP contribution in [-0.2, 0) is 11.0 Å². The summed E-state index contributed by atoms with van der Waals surface area (Å²) in [5.41, 5.74) is -1.04. The minimum atomic E-state index is -4.56. The second-order valence-corrected chi connectivity index (χ2v) is 4.34. The van der Waals surface area contributed by atoms with Crippen molar-refractivity contribution in [3.63, 3.8) is 0 Å². The molecule has 0 bridgehead atoms. The standard InChI is InChI=1S/C11H14F3N5O/c1-6-9(20)16-3-4-19(6)8-5-7(11(12,13)14)17-10(15-2)18-8/h5-6H,3-4H2,1-2H3,(H,16,20)(H,15,17,18). The predicted octanol–water partition coefficient (Wildman–Crippen LogP) is 0.862. The molecule has 0 aliphatic carbocycles. The first-order chi connectivity index (χ1) is 9.32. The number of hydrogen-bond donors (Lipinski definition) is 2. The number of aromatic nitrogens is 2. The molecule has 1 aromatic rings. The van der Waals surface area contributed by atoms with Crippen LogP contribution in [0, 0.1) is 0 Å². The van der Waals surface area contributed by atoms with Crippen LogP contribution in [-0.4, -0.2) is 42.1 Å². The van der Waals surface area contributed by atoms with Crippen LogP contribution in [0.2, 0.25) is 0 Å². The topological polar surface area (TPSA) is 70.2 Å². The first-order valence-electron chi connectivity index (χ1n) is 6.01. The molecule has 1 aliphatic heterocycles. The third-order valence-corrected chi connectivity index (χ3v) is 3.02. The molecule has 1 atom stereocenters. The van der Waals surface area contributed by atoms with Gasteiger partial charge in [0.1, 0.15) is 11.9 Å². The maximum absolute atomic E-state index is 12.8. The summed E-state index contributed by atoms with van der Waals surface area (Å²) in [7, 11) is 1.44. The highest BCUT2D eigenvalue weighted by Gasteiger charge is 2.35. The van der Waals surface area contributed by atoms with Crippen LogP contribution in [0.15, 0.2) is 6.07 Å². The van der Waals surface area contributed by atoms with Crippen molar-refractivity contribution in [1.29, 1.82) is 0 Å². The quantitative estimate of drug-likeness (QED) is 0.845. The number of alkyl halides is 3. The highest BCUT2D eigenvalue weighted by atomic mass is 19.4. The van der Waals surface area contributed by atoms with Gasteiger partial charge in [-0.3, -0.25) is 4.79 Å². The van der Waals surface area contributed by atoms with Crippen molar-refractivity contribution in [2.24, 2.45) is 0 Å². The number of rotatable bonds is 2. The van der Waals surface area contributed by atoms with Crippen molar-refractivity contribution in [3.8, 4) is 0 Å². The lowest BCUT2D eigenvalue weighted by Gasteiger charge is -2.34. The Labute approximate surface area is 113 Å². The van der Waals surface area contributed by atoms with Crippen molar-refractivity contribution >= 4 is 17.7 Å². The Kier molecular flexibility index (Phi) is 3.69. The van der Waals surface area contributed by atoms with Crippen molar-refractivity contribution < 1.29 is 18.0 Å². The second kappa shape index (κ2) is 5.14. The molecule has 1 aromatic heterocycles. The lowest BCUT2D eigenvalue weighted by molar-refractivity contribution is -0.141. The van der Waals surface area contributed by atoms with Crippen molar-refractivity contribution in [2.75, 3.05) is 30.4 Å². The van der Waals surface area contributed by atoms with E-state index in [1.165, 1.54) is 11.9 Å². The Balaban J connectivity index is 2.42. The largest absolute Gasteiger partial charge is 0.433 e. The van der Waals surface area contributed by atoms with Crippen LogP contribution in [0.25, 0.3) is 0 Å². The maximum Gasteiger partial charge on any atom is 0.433 e. The maximum atomic E-state index is 12.8. The average Bonchev–Trinajstić information content (AvgIpc) is 2.40. The normalized spacial score (nSPS) is 19.8. The predicted molar refractivity (Wildman–Crippen MR) is 66.4 cm³/mol. The summed E-state index contributed by atoms with van der Waals surface area (Å²) in [4.78, 5) is 20.5. The van der Waals surface area contributed by atoms with E-state index < -0.39 is 17.9 Å². The summed E-state index contributed by atoms with van der Waals surface area (Å²) in [6.45, 7) is 2.37. The zero-order chi connectivity index (χ0) is 14.9. The van der Waals surface area contributed by atoms with Crippen LogP contribution in [0.5, 0.6) is 0 Å². The van der Waals surface area contributed by atoms with Crippen LogP contribution >= 0.6 is 0 Å². The van der Waals surface area contributed by atoms with E-state index in [9.17, 15) is 18.0 Å². The first-order valence-corrected chi connectivity index (χ1v) is 6.01. The molecular weight excluding hydrogens is 275 g/mol. The molecule has 1 aliphatic rings. The summed E-state index contributed by atoms with van der Waals surface area (Å²) in [6, 6.07) is 0.278. The lowest BCUT2D eigenvalue weighted by atomic mass is 10.2. The highest BCUT2D eigenvalue weighted by Crippen LogP contribution is 2.31. The molecule has 2 N–H and O–H groups in total. The fourth-order valence-electron chi connectivity index (χ4n) is 1.93. The van der Waals surface area contributed by atoms with Gasteiger partial charge in [-0.15, -0.1) is 0 Å². The number of carbonyl (C=O) groups is 1. The molecule has 6 nitrogen and oxygen atoms in total. The smallest absolute Gasteiger partial charge is 0.357 e. The molecule has 20 heavy (non-hydrogen) atoms. The molecular formula is C11H14F3N5O. The van der Waals surface area contributed by atoms with Crippen LogP contribution in [0.4, 0.5) is 24.9 Å². The van der Waals surface area contributed by atoms with Gasteiger partial charge in [0.2, 0.25) is 11.9 Å². The molecule has 1 amide bonds. The zero-order valence-electron chi connectivity index (χ0n) is 11.0. The van der Waals surface area contributed by atoms with Crippen LogP contribution in [0.3, 0.4) is 0 Å². The summed E-state index contributed by atoms with van der Waals surface area (Å²) in [5, 5.41) is 5.14. The number of hydrogen-bond acceptors (Lipinski definition) is 5. The number of nitrogens with one attached hydrogen (secondary N) is 2. The second-order valence-electron chi connectivity index (χ2n) is 4.34. The summed E-state index contributed by atoms with van der Waals surface area (Å²) in [6.07, 6.45) is -4.56. The van der Waals surface area contributed by atoms with E-state index in [2.05, 4.69) is 20.6 Å². The van der Waals surface area contributed by atoms with Gasteiger partial charge in [0.15, 0.2) is 5.69 Å². The zero-order valence-corrected chi connectivity index (χ0v) is 11.0. The summed E-state index contributed by atoms with van der Waals surface area (Å²) >= 11 is 0. The molecule has 0 radical (unpaired) electrons. The van der Waals surface area contributed by atoms with Crippen molar-refractivity contribution in [2.45, 2.75) is 19.1 Å². The minimum Gasteiger partial charge on any atom is -0.357 e. The fourth-order valence-corrected chi connectivity index (χ4v) is 1.93. The molecule has 1 fully saturated rings. The number of halogens is 3. The van der Waals surface area contributed by atoms with E-state index in [1.54, 1.807) is 6.92 Å². The Hall–Kier alpha value is -2.06. The lowest BCUT2D eigenvalue weighted by Crippen LogP contribution is -2.54. The fraction of sp³-hybridized carbons (Fsp3) is 0.545. The van der Waals surface area contributed by atoms with Gasteiger partial charge < -0.3 is 15.5 Å². The molecule has 0 aromatic carbocycles. The molecule has 1 unspecified atom stereocenters. The Bertz CT molecular complexity index is 519. The number of piperazine rings is 1. The molecule has 110 valence electrons. The minimum absolute atomic E-state index is 0.0824. The van der Waals surface area contributed by atoms with E-state index in [-0.39, 0.29) is 17.7 Å². The first kappa shape index (κ1) is 14.4. The van der Waals surface area contributed by atoms with Crippen molar-refractivity contribution in [3.05, 3.63) is 11.8 Å². The van der Waals surface area contributed by atoms with E-state index >= 15 is 0 Å². The van der Waals surface area contributed by atoms with Gasteiger partial charge in [0.25, 0.3) is 0 Å². The number of nitrogens with zero attached hydrogens (tertiary/aromatic N) is 3. The van der Waals surface area contributed by atoms with Crippen molar-refractivity contribution in [1.82, 2.24) is 15.3 Å². The van der Waals surface area contributed by atoms with E-state index in [0.717, 1.165) is 6.07 Å². The summed E-state index contributed by atoms with van der Waals surface area (Å²) in [5.74, 6) is -0.290. The Morgan fingerprint density at radius 2 is 2.15 bits per heavy atom. The van der Waals surface area contributed by atoms with Gasteiger partial charge in [0.05, 0.1) is 0 Å². The van der Waals surface area contributed by atoms with E-state index in [0.29, 0.717) is 13.1 Å². The number of anilines is 2. The van der Waals surface area contributed by atoms with Gasteiger partial charge in [-0.25, -0.2) is 4.98 Å². The molecule has 1 saturated heterocycles. The van der Waals surface area contributed by atoms with E-state index in [4.69, 9.17) is 0 Å². The summed E-state index contributed by atoms with van der Waals surface area (Å²) < 4.78 is 38.4. The van der Waals surface area contributed by atoms with Gasteiger partial charge >= 0.3 is 6.18 Å². The monoisotopic (exact) mass is 289 g/mol.